The van der Waals surface area contributed by atoms with E-state index in [0.29, 0.717) is 12.1 Å². The summed E-state index contributed by atoms with van der Waals surface area (Å²) in [5.41, 5.74) is 1.24. The smallest absolute Gasteiger partial charge is 0.0273 e. The highest BCUT2D eigenvalue weighted by Gasteiger charge is 2.08. The van der Waals surface area contributed by atoms with Gasteiger partial charge in [0.15, 0.2) is 0 Å². The minimum Gasteiger partial charge on any atom is -0.308 e. The van der Waals surface area contributed by atoms with Crippen LogP contribution in [0.15, 0.2) is 12.2 Å². The molecule has 0 aliphatic rings. The highest BCUT2D eigenvalue weighted by atomic mass is 14.9. The fourth-order valence-corrected chi connectivity index (χ4v) is 1.07. The first-order valence-corrected chi connectivity index (χ1v) is 4.53. The van der Waals surface area contributed by atoms with Gasteiger partial charge in [-0.25, -0.2) is 0 Å². The van der Waals surface area contributed by atoms with Gasteiger partial charge < -0.3 is 5.32 Å². The van der Waals surface area contributed by atoms with Crippen molar-refractivity contribution in [1.82, 2.24) is 5.32 Å². The average Bonchev–Trinajstić information content (AvgIpc) is 1.99. The molecule has 1 nitrogen and oxygen atoms in total. The molecule has 2 unspecified atom stereocenters. The highest BCUT2D eigenvalue weighted by Crippen LogP contribution is 2.04. The fourth-order valence-electron chi connectivity index (χ4n) is 1.07. The van der Waals surface area contributed by atoms with Crippen LogP contribution in [0.3, 0.4) is 0 Å². The van der Waals surface area contributed by atoms with Gasteiger partial charge in [0.25, 0.3) is 0 Å². The maximum absolute atomic E-state index is 3.95. The molecular formula is C10H21N. The van der Waals surface area contributed by atoms with Gasteiger partial charge >= 0.3 is 0 Å². The van der Waals surface area contributed by atoms with Crippen LogP contribution in [0.5, 0.6) is 0 Å². The van der Waals surface area contributed by atoms with E-state index >= 15 is 0 Å². The molecule has 0 rings (SSSR count). The molecule has 0 aliphatic heterocycles. The molecule has 2 atom stereocenters. The summed E-state index contributed by atoms with van der Waals surface area (Å²) in [5.74, 6) is 0. The molecule has 1 heteroatoms. The predicted octanol–water partition coefficient (Wildman–Crippen LogP) is 2.73. The number of nitrogens with one attached hydrogen (secondary N) is 1. The van der Waals surface area contributed by atoms with Gasteiger partial charge in [-0.3, -0.25) is 0 Å². The van der Waals surface area contributed by atoms with Gasteiger partial charge in [-0.05, 0) is 26.7 Å². The van der Waals surface area contributed by atoms with Crippen LogP contribution in [0.1, 0.15) is 40.5 Å². The molecule has 1 N–H and O–H groups in total. The molecule has 0 aromatic carbocycles. The molecule has 0 radical (unpaired) electrons. The van der Waals surface area contributed by atoms with Crippen molar-refractivity contribution in [1.29, 1.82) is 0 Å². The first-order chi connectivity index (χ1) is 5.11. The van der Waals surface area contributed by atoms with Crippen LogP contribution in [0, 0.1) is 0 Å². The zero-order valence-corrected chi connectivity index (χ0v) is 8.28. The molecule has 11 heavy (non-hydrogen) atoms. The summed E-state index contributed by atoms with van der Waals surface area (Å²) in [6, 6.07) is 1.11. The molecule has 0 heterocycles. The Balaban J connectivity index is 3.77. The normalized spacial score (nSPS) is 16.0. The second-order valence-corrected chi connectivity index (χ2v) is 3.28. The van der Waals surface area contributed by atoms with Crippen molar-refractivity contribution in [3.8, 4) is 0 Å². The topological polar surface area (TPSA) is 12.0 Å². The largest absolute Gasteiger partial charge is 0.308 e. The molecule has 66 valence electrons. The van der Waals surface area contributed by atoms with Gasteiger partial charge in [0, 0.05) is 12.1 Å². The van der Waals surface area contributed by atoms with Crippen LogP contribution in [0.25, 0.3) is 0 Å². The lowest BCUT2D eigenvalue weighted by Crippen LogP contribution is -2.36. The Hall–Kier alpha value is -0.300. The van der Waals surface area contributed by atoms with Crippen molar-refractivity contribution in [3.63, 3.8) is 0 Å². The Kier molecular flexibility index (Phi) is 5.22. The van der Waals surface area contributed by atoms with E-state index in [4.69, 9.17) is 0 Å². The van der Waals surface area contributed by atoms with Crippen molar-refractivity contribution in [2.24, 2.45) is 0 Å². The van der Waals surface area contributed by atoms with E-state index in [1.165, 1.54) is 12.0 Å². The van der Waals surface area contributed by atoms with E-state index in [0.717, 1.165) is 6.42 Å². The van der Waals surface area contributed by atoms with Gasteiger partial charge in [-0.2, -0.15) is 0 Å². The summed E-state index contributed by atoms with van der Waals surface area (Å²) in [6.07, 6.45) is 2.32. The summed E-state index contributed by atoms with van der Waals surface area (Å²) in [5, 5.41) is 3.52. The molecule has 0 spiro atoms. The van der Waals surface area contributed by atoms with Gasteiger partial charge in [0.2, 0.25) is 0 Å². The molecular weight excluding hydrogens is 134 g/mol. The number of rotatable bonds is 5. The van der Waals surface area contributed by atoms with Crippen LogP contribution in [0.2, 0.25) is 0 Å². The van der Waals surface area contributed by atoms with E-state index in [1.54, 1.807) is 0 Å². The van der Waals surface area contributed by atoms with Crippen LogP contribution in [-0.4, -0.2) is 12.1 Å². The average molecular weight is 155 g/mol. The van der Waals surface area contributed by atoms with Gasteiger partial charge in [0.1, 0.15) is 0 Å². The van der Waals surface area contributed by atoms with E-state index in [1.807, 2.05) is 0 Å². The lowest BCUT2D eigenvalue weighted by Gasteiger charge is -2.21. The zero-order chi connectivity index (χ0) is 8.85. The first-order valence-electron chi connectivity index (χ1n) is 4.53. The number of hydrogen-bond acceptors (Lipinski definition) is 1. The lowest BCUT2D eigenvalue weighted by atomic mass is 10.1. The van der Waals surface area contributed by atoms with Crippen molar-refractivity contribution in [2.45, 2.75) is 52.6 Å². The quantitative estimate of drug-likeness (QED) is 0.602. The summed E-state index contributed by atoms with van der Waals surface area (Å²) < 4.78 is 0. The van der Waals surface area contributed by atoms with Gasteiger partial charge in [-0.15, -0.1) is 0 Å². The Morgan fingerprint density at radius 3 is 2.18 bits per heavy atom. The minimum absolute atomic E-state index is 0.505. The standard InChI is InChI=1S/C10H21N/c1-6-9(5)11-10(7-2)8(3)4/h9-11H,3,6-7H2,1-2,4-5H3. The van der Waals surface area contributed by atoms with Crippen molar-refractivity contribution < 1.29 is 0 Å². The summed E-state index contributed by atoms with van der Waals surface area (Å²) in [6.45, 7) is 12.6. The van der Waals surface area contributed by atoms with E-state index < -0.39 is 0 Å². The van der Waals surface area contributed by atoms with Gasteiger partial charge in [-0.1, -0.05) is 26.0 Å². The molecule has 0 amide bonds. The minimum atomic E-state index is 0.505. The highest BCUT2D eigenvalue weighted by molar-refractivity contribution is 5.01. The van der Waals surface area contributed by atoms with Crippen LogP contribution >= 0.6 is 0 Å². The van der Waals surface area contributed by atoms with Crippen molar-refractivity contribution in [3.05, 3.63) is 12.2 Å². The maximum atomic E-state index is 3.95. The van der Waals surface area contributed by atoms with Crippen LogP contribution in [0.4, 0.5) is 0 Å². The fraction of sp³-hybridized carbons (Fsp3) is 0.800. The molecule has 0 aromatic rings. The van der Waals surface area contributed by atoms with E-state index in [-0.39, 0.29) is 0 Å². The monoisotopic (exact) mass is 155 g/mol. The maximum Gasteiger partial charge on any atom is 0.0273 e. The molecule has 0 saturated heterocycles. The molecule has 0 bridgehead atoms. The third kappa shape index (κ3) is 4.20. The Bertz CT molecular complexity index is 118. The molecule has 0 saturated carbocycles. The molecule has 0 fully saturated rings. The first kappa shape index (κ1) is 10.7. The summed E-state index contributed by atoms with van der Waals surface area (Å²) in [7, 11) is 0. The SMILES string of the molecule is C=C(C)C(CC)NC(C)CC. The van der Waals surface area contributed by atoms with Crippen molar-refractivity contribution in [2.75, 3.05) is 0 Å². The molecule has 0 aromatic heterocycles. The molecule has 0 aliphatic carbocycles. The van der Waals surface area contributed by atoms with Crippen LogP contribution < -0.4 is 5.32 Å². The predicted molar refractivity (Wildman–Crippen MR) is 51.8 cm³/mol. The third-order valence-corrected chi connectivity index (χ3v) is 2.10. The second kappa shape index (κ2) is 5.36. The van der Waals surface area contributed by atoms with Gasteiger partial charge in [0.05, 0.1) is 0 Å². The third-order valence-electron chi connectivity index (χ3n) is 2.10. The van der Waals surface area contributed by atoms with Crippen molar-refractivity contribution >= 4 is 0 Å². The lowest BCUT2D eigenvalue weighted by molar-refractivity contribution is 0.463. The zero-order valence-electron chi connectivity index (χ0n) is 8.28. The van der Waals surface area contributed by atoms with E-state index in [2.05, 4.69) is 39.6 Å². The Labute approximate surface area is 70.9 Å². The Morgan fingerprint density at radius 1 is 1.36 bits per heavy atom. The summed E-state index contributed by atoms with van der Waals surface area (Å²) in [4.78, 5) is 0. The second-order valence-electron chi connectivity index (χ2n) is 3.28. The Morgan fingerprint density at radius 2 is 1.91 bits per heavy atom. The van der Waals surface area contributed by atoms with E-state index in [9.17, 15) is 0 Å². The van der Waals surface area contributed by atoms with Crippen LogP contribution in [-0.2, 0) is 0 Å². The summed E-state index contributed by atoms with van der Waals surface area (Å²) >= 11 is 0. The number of hydrogen-bond donors (Lipinski definition) is 1.